The molecule has 0 aromatic rings. The fourth-order valence-electron chi connectivity index (χ4n) is 4.33. The Hall–Kier alpha value is -2.04. The molecule has 0 spiro atoms. The average Bonchev–Trinajstić information content (AvgIpc) is 2.59. The molecule has 0 radical (unpaired) electrons. The number of hydrogen-bond acceptors (Lipinski definition) is 4. The highest BCUT2D eigenvalue weighted by Crippen LogP contribution is 2.55. The quantitative estimate of drug-likeness (QED) is 0.800. The third kappa shape index (κ3) is 1.87. The topological polar surface area (TPSA) is 52.6 Å². The highest BCUT2D eigenvalue weighted by atomic mass is 16.5. The number of allylic oxidation sites excluding steroid dienone is 4. The normalized spacial score (nSPS) is 32.6. The van der Waals surface area contributed by atoms with Crippen LogP contribution in [0.5, 0.6) is 0 Å². The first-order valence-corrected chi connectivity index (χ1v) is 8.03. The van der Waals surface area contributed by atoms with Crippen LogP contribution < -0.4 is 0 Å². The van der Waals surface area contributed by atoms with Crippen LogP contribution in [0.15, 0.2) is 58.7 Å². The summed E-state index contributed by atoms with van der Waals surface area (Å²) in [5.41, 5.74) is 2.07. The van der Waals surface area contributed by atoms with E-state index in [0.717, 1.165) is 16.7 Å². The summed E-state index contributed by atoms with van der Waals surface area (Å²) >= 11 is 0. The summed E-state index contributed by atoms with van der Waals surface area (Å²) in [6, 6.07) is 0. The van der Waals surface area contributed by atoms with E-state index in [1.807, 2.05) is 6.92 Å². The van der Waals surface area contributed by atoms with Crippen LogP contribution in [0.4, 0.5) is 0 Å². The molecule has 4 nitrogen and oxygen atoms in total. The lowest BCUT2D eigenvalue weighted by molar-refractivity contribution is -0.112. The average molecular weight is 326 g/mol. The van der Waals surface area contributed by atoms with E-state index in [0.29, 0.717) is 24.0 Å². The summed E-state index contributed by atoms with van der Waals surface area (Å²) < 4.78 is 11.9. The maximum Gasteiger partial charge on any atom is 0.182 e. The van der Waals surface area contributed by atoms with E-state index in [2.05, 4.69) is 6.58 Å². The van der Waals surface area contributed by atoms with Crippen LogP contribution >= 0.6 is 0 Å². The van der Waals surface area contributed by atoms with Crippen LogP contribution in [0.25, 0.3) is 0 Å². The first-order valence-electron chi connectivity index (χ1n) is 8.03. The van der Waals surface area contributed by atoms with Crippen molar-refractivity contribution in [3.8, 4) is 0 Å². The molecule has 3 aliphatic rings. The van der Waals surface area contributed by atoms with Gasteiger partial charge in [-0.1, -0.05) is 12.7 Å². The third-order valence-electron chi connectivity index (χ3n) is 5.66. The van der Waals surface area contributed by atoms with Gasteiger partial charge in [-0.15, -0.1) is 0 Å². The molecular formula is C20H22O4. The van der Waals surface area contributed by atoms with Crippen LogP contribution in [-0.2, 0) is 19.1 Å². The second-order valence-electron chi connectivity index (χ2n) is 6.44. The van der Waals surface area contributed by atoms with Gasteiger partial charge in [0.1, 0.15) is 11.2 Å². The van der Waals surface area contributed by atoms with Crippen molar-refractivity contribution < 1.29 is 19.1 Å². The van der Waals surface area contributed by atoms with Crippen LogP contribution in [0.1, 0.15) is 26.7 Å². The Morgan fingerprint density at radius 1 is 1.12 bits per heavy atom. The van der Waals surface area contributed by atoms with Gasteiger partial charge in [-0.2, -0.15) is 0 Å². The molecule has 1 saturated carbocycles. The SMILES string of the molecule is C=CC1=C(C)C(=O)C=C2C3(OC)C=CC(=O)C(C)=C3CCC21OC. The van der Waals surface area contributed by atoms with Crippen molar-refractivity contribution in [1.29, 1.82) is 0 Å². The summed E-state index contributed by atoms with van der Waals surface area (Å²) in [6.07, 6.45) is 7.89. The standard InChI is InChI=1S/C20H22O4/c1-6-14-12(2)17(22)11-18-19(14,23-4)9-7-15-13(3)16(21)8-10-20(15,18)24-5/h6,8,10-11H,1,7,9H2,2-5H3. The minimum Gasteiger partial charge on any atom is -0.369 e. The zero-order valence-corrected chi connectivity index (χ0v) is 14.6. The van der Waals surface area contributed by atoms with Crippen molar-refractivity contribution in [2.75, 3.05) is 14.2 Å². The maximum atomic E-state index is 12.6. The van der Waals surface area contributed by atoms with E-state index < -0.39 is 11.2 Å². The molecule has 0 aromatic carbocycles. The van der Waals surface area contributed by atoms with Gasteiger partial charge in [0.15, 0.2) is 11.6 Å². The van der Waals surface area contributed by atoms with Gasteiger partial charge in [0.25, 0.3) is 0 Å². The number of ketones is 2. The molecule has 0 saturated heterocycles. The Morgan fingerprint density at radius 3 is 2.42 bits per heavy atom. The molecule has 0 aliphatic heterocycles. The van der Waals surface area contributed by atoms with Crippen LogP contribution in [-0.4, -0.2) is 37.0 Å². The number of ether oxygens (including phenoxy) is 2. The van der Waals surface area contributed by atoms with E-state index in [9.17, 15) is 9.59 Å². The first-order chi connectivity index (χ1) is 11.4. The van der Waals surface area contributed by atoms with Crippen LogP contribution in [0.3, 0.4) is 0 Å². The van der Waals surface area contributed by atoms with Crippen molar-refractivity contribution in [1.82, 2.24) is 0 Å². The number of hydrogen-bond donors (Lipinski definition) is 0. The van der Waals surface area contributed by atoms with E-state index in [1.54, 1.807) is 39.4 Å². The lowest BCUT2D eigenvalue weighted by Gasteiger charge is -2.52. The third-order valence-corrected chi connectivity index (χ3v) is 5.66. The van der Waals surface area contributed by atoms with Crippen molar-refractivity contribution >= 4 is 11.6 Å². The van der Waals surface area contributed by atoms with E-state index in [1.165, 1.54) is 6.08 Å². The molecule has 126 valence electrons. The van der Waals surface area contributed by atoms with Gasteiger partial charge in [0, 0.05) is 25.4 Å². The summed E-state index contributed by atoms with van der Waals surface area (Å²) in [4.78, 5) is 24.7. The summed E-state index contributed by atoms with van der Waals surface area (Å²) in [6.45, 7) is 7.50. The fourth-order valence-corrected chi connectivity index (χ4v) is 4.33. The van der Waals surface area contributed by atoms with Gasteiger partial charge in [0.05, 0.1) is 0 Å². The van der Waals surface area contributed by atoms with Gasteiger partial charge >= 0.3 is 0 Å². The van der Waals surface area contributed by atoms with Crippen molar-refractivity contribution in [3.63, 3.8) is 0 Å². The minimum atomic E-state index is -0.920. The monoisotopic (exact) mass is 326 g/mol. The molecular weight excluding hydrogens is 304 g/mol. The Morgan fingerprint density at radius 2 is 1.83 bits per heavy atom. The number of carbonyl (C=O) groups is 2. The van der Waals surface area contributed by atoms with Crippen molar-refractivity contribution in [2.24, 2.45) is 0 Å². The summed E-state index contributed by atoms with van der Waals surface area (Å²) in [5, 5.41) is 0. The Labute approximate surface area is 142 Å². The number of carbonyl (C=O) groups excluding carboxylic acids is 2. The van der Waals surface area contributed by atoms with Crippen molar-refractivity contribution in [2.45, 2.75) is 37.9 Å². The largest absolute Gasteiger partial charge is 0.369 e. The highest BCUT2D eigenvalue weighted by molar-refractivity contribution is 6.09. The predicted octanol–water partition coefficient (Wildman–Crippen LogP) is 3.02. The maximum absolute atomic E-state index is 12.6. The lowest BCUT2D eigenvalue weighted by Crippen LogP contribution is -2.55. The molecule has 24 heavy (non-hydrogen) atoms. The number of rotatable bonds is 3. The zero-order chi connectivity index (χ0) is 17.7. The van der Waals surface area contributed by atoms with Gasteiger partial charge in [-0.3, -0.25) is 9.59 Å². The molecule has 3 rings (SSSR count). The summed E-state index contributed by atoms with van der Waals surface area (Å²) in [7, 11) is 3.24. The molecule has 0 heterocycles. The highest BCUT2D eigenvalue weighted by Gasteiger charge is 2.56. The van der Waals surface area contributed by atoms with Gasteiger partial charge < -0.3 is 9.47 Å². The smallest absolute Gasteiger partial charge is 0.182 e. The zero-order valence-electron chi connectivity index (χ0n) is 14.6. The molecule has 4 heteroatoms. The molecule has 2 unspecified atom stereocenters. The van der Waals surface area contributed by atoms with Crippen molar-refractivity contribution in [3.05, 3.63) is 58.7 Å². The molecule has 0 N–H and O–H groups in total. The van der Waals surface area contributed by atoms with Gasteiger partial charge in [-0.25, -0.2) is 0 Å². The van der Waals surface area contributed by atoms with Gasteiger partial charge in [-0.05, 0) is 61.6 Å². The molecule has 0 bridgehead atoms. The second-order valence-corrected chi connectivity index (χ2v) is 6.44. The molecule has 1 fully saturated rings. The Balaban J connectivity index is 2.33. The molecule has 3 aliphatic carbocycles. The number of methoxy groups -OCH3 is 2. The summed E-state index contributed by atoms with van der Waals surface area (Å²) in [5.74, 6) is -0.0887. The lowest BCUT2D eigenvalue weighted by atomic mass is 9.60. The minimum absolute atomic E-state index is 0.0130. The fraction of sp³-hybridized carbons (Fsp3) is 0.400. The predicted molar refractivity (Wildman–Crippen MR) is 91.5 cm³/mol. The van der Waals surface area contributed by atoms with E-state index in [-0.39, 0.29) is 11.6 Å². The first kappa shape index (κ1) is 16.8. The second kappa shape index (κ2) is 5.50. The molecule has 2 atom stereocenters. The van der Waals surface area contributed by atoms with E-state index >= 15 is 0 Å². The number of fused-ring (bicyclic) bond motifs is 3. The Bertz CT molecular complexity index is 777. The molecule has 0 amide bonds. The molecule has 0 aromatic heterocycles. The Kier molecular flexibility index (Phi) is 3.85. The van der Waals surface area contributed by atoms with Crippen LogP contribution in [0.2, 0.25) is 0 Å². The van der Waals surface area contributed by atoms with Gasteiger partial charge in [0.2, 0.25) is 0 Å². The van der Waals surface area contributed by atoms with Crippen LogP contribution in [0, 0.1) is 0 Å². The van der Waals surface area contributed by atoms with E-state index in [4.69, 9.17) is 9.47 Å².